The van der Waals surface area contributed by atoms with Crippen molar-refractivity contribution in [3.05, 3.63) is 0 Å². The molecule has 0 aliphatic carbocycles. The van der Waals surface area contributed by atoms with E-state index in [1.165, 1.54) is 0 Å². The first-order valence-corrected chi connectivity index (χ1v) is 11.3. The minimum absolute atomic E-state index is 0.126. The van der Waals surface area contributed by atoms with Crippen LogP contribution in [0.25, 0.3) is 0 Å². The molecule has 0 spiro atoms. The van der Waals surface area contributed by atoms with Crippen molar-refractivity contribution < 1.29 is 39.0 Å². The Bertz CT molecular complexity index is 861. The number of aliphatic hydroxyl groups is 1. The van der Waals surface area contributed by atoms with E-state index in [0.29, 0.717) is 6.42 Å². The summed E-state index contributed by atoms with van der Waals surface area (Å²) in [6.45, 7) is 1.35. The number of carbonyl (C=O) groups is 6. The van der Waals surface area contributed by atoms with Gasteiger partial charge in [-0.1, -0.05) is 0 Å². The van der Waals surface area contributed by atoms with Gasteiger partial charge in [0.25, 0.3) is 0 Å². The first kappa shape index (κ1) is 33.0. The average molecular weight is 532 g/mol. The predicted octanol–water partition coefficient (Wildman–Crippen LogP) is -5.18. The van der Waals surface area contributed by atoms with Crippen molar-refractivity contribution >= 4 is 41.5 Å². The van der Waals surface area contributed by atoms with Gasteiger partial charge in [0.15, 0.2) is 12.0 Å². The number of primary amides is 2. The van der Waals surface area contributed by atoms with E-state index in [1.807, 2.05) is 0 Å². The van der Waals surface area contributed by atoms with Crippen LogP contribution in [0.2, 0.25) is 0 Å². The van der Waals surface area contributed by atoms with Gasteiger partial charge in [0, 0.05) is 19.4 Å². The van der Waals surface area contributed by atoms with Crippen LogP contribution in [0.15, 0.2) is 4.99 Å². The quantitative estimate of drug-likeness (QED) is 0.0452. The fourth-order valence-corrected chi connectivity index (χ4v) is 2.95. The SMILES string of the molecule is CC(O)C(NC(=O)C(CCC(N)=O)NC(=O)C(CCC(N)=O)NC(=O)C(N)CCCN=C(N)N)C(=O)O. The lowest BCUT2D eigenvalue weighted by molar-refractivity contribution is -0.145. The number of hydrogen-bond acceptors (Lipinski definition) is 9. The number of amides is 5. The van der Waals surface area contributed by atoms with Crippen molar-refractivity contribution in [3.63, 3.8) is 0 Å². The molecule has 0 aromatic carbocycles. The summed E-state index contributed by atoms with van der Waals surface area (Å²) in [5.41, 5.74) is 26.5. The van der Waals surface area contributed by atoms with Gasteiger partial charge < -0.3 is 54.8 Å². The van der Waals surface area contributed by atoms with Crippen molar-refractivity contribution in [2.24, 2.45) is 33.7 Å². The fraction of sp³-hybridized carbons (Fsp3) is 0.650. The molecule has 15 N–H and O–H groups in total. The maximum Gasteiger partial charge on any atom is 0.328 e. The van der Waals surface area contributed by atoms with Gasteiger partial charge in [0.05, 0.1) is 12.1 Å². The third-order valence-electron chi connectivity index (χ3n) is 4.98. The Morgan fingerprint density at radius 2 is 1.24 bits per heavy atom. The number of aliphatic carboxylic acids is 1. The smallest absolute Gasteiger partial charge is 0.328 e. The Morgan fingerprint density at radius 3 is 1.65 bits per heavy atom. The van der Waals surface area contributed by atoms with Crippen LogP contribution in [0, 0.1) is 0 Å². The van der Waals surface area contributed by atoms with Gasteiger partial charge in [-0.05, 0) is 32.6 Å². The molecule has 5 atom stereocenters. The number of guanidine groups is 1. The first-order valence-electron chi connectivity index (χ1n) is 11.3. The molecular weight excluding hydrogens is 494 g/mol. The van der Waals surface area contributed by atoms with Crippen LogP contribution in [0.5, 0.6) is 0 Å². The van der Waals surface area contributed by atoms with Crippen molar-refractivity contribution in [1.29, 1.82) is 0 Å². The second-order valence-corrected chi connectivity index (χ2v) is 8.25. The highest BCUT2D eigenvalue weighted by Gasteiger charge is 2.32. The van der Waals surface area contributed by atoms with Crippen molar-refractivity contribution in [2.75, 3.05) is 6.54 Å². The molecule has 0 aliphatic heterocycles. The highest BCUT2D eigenvalue weighted by molar-refractivity contribution is 5.94. The van der Waals surface area contributed by atoms with Crippen LogP contribution in [-0.4, -0.2) is 88.5 Å². The normalized spacial score (nSPS) is 14.7. The van der Waals surface area contributed by atoms with E-state index in [-0.39, 0.29) is 44.6 Å². The lowest BCUT2D eigenvalue weighted by Gasteiger charge is -2.25. The Hall–Kier alpha value is -3.99. The zero-order chi connectivity index (χ0) is 28.7. The molecule has 0 rings (SSSR count). The predicted molar refractivity (Wildman–Crippen MR) is 130 cm³/mol. The maximum atomic E-state index is 12.9. The molecule has 210 valence electrons. The summed E-state index contributed by atoms with van der Waals surface area (Å²) in [4.78, 5) is 75.7. The maximum absolute atomic E-state index is 12.9. The number of aliphatic hydroxyl groups excluding tert-OH is 1. The van der Waals surface area contributed by atoms with Crippen LogP contribution in [0.1, 0.15) is 45.4 Å². The molecule has 0 bridgehead atoms. The number of carboxylic acids is 1. The lowest BCUT2D eigenvalue weighted by Crippen LogP contribution is -2.58. The molecule has 17 heteroatoms. The number of nitrogens with one attached hydrogen (secondary N) is 3. The molecule has 17 nitrogen and oxygen atoms in total. The second kappa shape index (κ2) is 16.6. The fourth-order valence-electron chi connectivity index (χ4n) is 2.95. The average Bonchev–Trinajstić information content (AvgIpc) is 2.78. The molecule has 0 saturated heterocycles. The van der Waals surface area contributed by atoms with Crippen LogP contribution in [0.3, 0.4) is 0 Å². The molecule has 0 aromatic rings. The molecule has 0 heterocycles. The topological polar surface area (TPSA) is 321 Å². The Labute approximate surface area is 212 Å². The van der Waals surface area contributed by atoms with Gasteiger partial charge in [-0.2, -0.15) is 0 Å². The molecule has 5 unspecified atom stereocenters. The van der Waals surface area contributed by atoms with Gasteiger partial charge in [-0.3, -0.25) is 29.0 Å². The highest BCUT2D eigenvalue weighted by Crippen LogP contribution is 2.05. The molecule has 0 saturated carbocycles. The van der Waals surface area contributed by atoms with Gasteiger partial charge in [0.1, 0.15) is 12.1 Å². The summed E-state index contributed by atoms with van der Waals surface area (Å²) in [6.07, 6.45) is -2.20. The van der Waals surface area contributed by atoms with Gasteiger partial charge in [-0.25, -0.2) is 4.79 Å². The summed E-state index contributed by atoms with van der Waals surface area (Å²) in [5, 5.41) is 25.5. The Morgan fingerprint density at radius 1 is 0.784 bits per heavy atom. The number of carboxylic acid groups (broad SMARTS) is 1. The van der Waals surface area contributed by atoms with Crippen molar-refractivity contribution in [1.82, 2.24) is 16.0 Å². The number of aliphatic imine (C=N–C) groups is 1. The summed E-state index contributed by atoms with van der Waals surface area (Å²) >= 11 is 0. The summed E-state index contributed by atoms with van der Waals surface area (Å²) < 4.78 is 0. The summed E-state index contributed by atoms with van der Waals surface area (Å²) in [7, 11) is 0. The van der Waals surface area contributed by atoms with Gasteiger partial charge in [-0.15, -0.1) is 0 Å². The molecule has 0 fully saturated rings. The number of rotatable bonds is 18. The lowest BCUT2D eigenvalue weighted by atomic mass is 10.0. The number of nitrogens with zero attached hydrogens (tertiary/aromatic N) is 1. The van der Waals surface area contributed by atoms with E-state index in [2.05, 4.69) is 20.9 Å². The second-order valence-electron chi connectivity index (χ2n) is 8.25. The van der Waals surface area contributed by atoms with E-state index in [1.54, 1.807) is 0 Å². The van der Waals surface area contributed by atoms with Crippen LogP contribution in [-0.2, 0) is 28.8 Å². The Kier molecular flexibility index (Phi) is 14.8. The molecule has 0 radical (unpaired) electrons. The number of nitrogens with two attached hydrogens (primary N) is 5. The molecule has 0 aliphatic rings. The number of hydrogen-bond donors (Lipinski definition) is 10. The third kappa shape index (κ3) is 14.2. The minimum Gasteiger partial charge on any atom is -0.480 e. The Balaban J connectivity index is 5.54. The van der Waals surface area contributed by atoms with Crippen molar-refractivity contribution in [2.45, 2.75) is 75.7 Å². The molecule has 37 heavy (non-hydrogen) atoms. The standard InChI is InChI=1S/C20H37N9O8/c1-9(30)15(19(36)37)29-18(35)12(5-7-14(23)32)28-17(34)11(4-6-13(22)31)27-16(33)10(21)3-2-8-26-20(24)25/h9-12,15,30H,2-8,21H2,1H3,(H2,22,31)(H2,23,32)(H,27,33)(H,28,34)(H,29,35)(H,36,37)(H4,24,25,26). The monoisotopic (exact) mass is 531 g/mol. The number of carbonyl (C=O) groups excluding carboxylic acids is 5. The summed E-state index contributed by atoms with van der Waals surface area (Å²) in [6, 6.07) is -5.60. The van der Waals surface area contributed by atoms with E-state index < -0.39 is 65.8 Å². The molecule has 5 amide bonds. The summed E-state index contributed by atoms with van der Waals surface area (Å²) in [5.74, 6) is -5.94. The van der Waals surface area contributed by atoms with Crippen LogP contribution < -0.4 is 44.6 Å². The van der Waals surface area contributed by atoms with Gasteiger partial charge in [0.2, 0.25) is 29.5 Å². The van der Waals surface area contributed by atoms with E-state index in [4.69, 9.17) is 28.7 Å². The van der Waals surface area contributed by atoms with E-state index in [0.717, 1.165) is 6.92 Å². The highest BCUT2D eigenvalue weighted by atomic mass is 16.4. The van der Waals surface area contributed by atoms with E-state index >= 15 is 0 Å². The molecular formula is C20H37N9O8. The van der Waals surface area contributed by atoms with E-state index in [9.17, 15) is 39.0 Å². The zero-order valence-electron chi connectivity index (χ0n) is 20.5. The van der Waals surface area contributed by atoms with Crippen LogP contribution >= 0.6 is 0 Å². The zero-order valence-corrected chi connectivity index (χ0v) is 20.5. The minimum atomic E-state index is -1.71. The largest absolute Gasteiger partial charge is 0.480 e. The third-order valence-corrected chi connectivity index (χ3v) is 4.98. The first-order chi connectivity index (χ1) is 17.1. The van der Waals surface area contributed by atoms with Crippen molar-refractivity contribution in [3.8, 4) is 0 Å². The van der Waals surface area contributed by atoms with Gasteiger partial charge >= 0.3 is 5.97 Å². The van der Waals surface area contributed by atoms with Crippen LogP contribution in [0.4, 0.5) is 0 Å². The molecule has 0 aromatic heterocycles.